The van der Waals surface area contributed by atoms with Gasteiger partial charge in [-0.15, -0.1) is 0 Å². The number of anilines is 1. The number of aliphatic imine (C=N–C) groups is 2. The maximum absolute atomic E-state index is 6.06. The van der Waals surface area contributed by atoms with E-state index >= 15 is 0 Å². The summed E-state index contributed by atoms with van der Waals surface area (Å²) in [5.41, 5.74) is 4.05. The van der Waals surface area contributed by atoms with Crippen molar-refractivity contribution < 1.29 is 0 Å². The first-order valence-corrected chi connectivity index (χ1v) is 7.20. The summed E-state index contributed by atoms with van der Waals surface area (Å²) >= 11 is 6.06. The quantitative estimate of drug-likeness (QED) is 0.493. The van der Waals surface area contributed by atoms with Crippen LogP contribution in [0.3, 0.4) is 0 Å². The number of halogens is 1. The summed E-state index contributed by atoms with van der Waals surface area (Å²) in [6.45, 7) is 5.89. The second kappa shape index (κ2) is 8.42. The van der Waals surface area contributed by atoms with E-state index in [0.717, 1.165) is 17.0 Å². The lowest BCUT2D eigenvalue weighted by Crippen LogP contribution is -2.03. The molecular formula is C17H22ClN3. The lowest BCUT2D eigenvalue weighted by molar-refractivity contribution is 1.36. The first kappa shape index (κ1) is 17.2. The van der Waals surface area contributed by atoms with Gasteiger partial charge in [0.05, 0.1) is 0 Å². The van der Waals surface area contributed by atoms with Crippen LogP contribution in [-0.4, -0.2) is 25.6 Å². The number of amidine groups is 1. The predicted molar refractivity (Wildman–Crippen MR) is 95.0 cm³/mol. The molecule has 21 heavy (non-hydrogen) atoms. The number of hydrogen-bond donors (Lipinski definition) is 1. The number of nitrogens with one attached hydrogen (secondary N) is 1. The van der Waals surface area contributed by atoms with Crippen molar-refractivity contribution in [1.82, 2.24) is 0 Å². The second-order valence-electron chi connectivity index (χ2n) is 4.61. The summed E-state index contributed by atoms with van der Waals surface area (Å²) in [5.74, 6) is 0.685. The Bertz CT molecular complexity index is 610. The Morgan fingerprint density at radius 2 is 2.05 bits per heavy atom. The zero-order valence-corrected chi connectivity index (χ0v) is 14.0. The summed E-state index contributed by atoms with van der Waals surface area (Å²) in [7, 11) is 3.64. The third-order valence-electron chi connectivity index (χ3n) is 2.93. The Kier molecular flexibility index (Phi) is 6.89. The molecule has 1 aromatic rings. The Morgan fingerprint density at radius 3 is 2.62 bits per heavy atom. The van der Waals surface area contributed by atoms with Crippen LogP contribution in [0.2, 0.25) is 0 Å². The Balaban J connectivity index is 3.12. The van der Waals surface area contributed by atoms with E-state index in [1.165, 1.54) is 5.56 Å². The van der Waals surface area contributed by atoms with Crippen molar-refractivity contribution in [2.24, 2.45) is 9.98 Å². The molecule has 0 aliphatic carbocycles. The minimum atomic E-state index is 0.647. The van der Waals surface area contributed by atoms with Crippen molar-refractivity contribution in [2.45, 2.75) is 20.8 Å². The second-order valence-corrected chi connectivity index (χ2v) is 5.05. The molecule has 0 heterocycles. The standard InChI is InChI=1S/C17H22ClN3/c1-6-7-15(18)10-13(3)21-17(20-5)14-9-8-12(2)16(11-14)19-4/h6-11,19H,1-5H3/b7-6-,15-10+,20-17?,21-13?. The van der Waals surface area contributed by atoms with Crippen molar-refractivity contribution in [3.05, 3.63) is 52.6 Å². The van der Waals surface area contributed by atoms with Gasteiger partial charge in [-0.1, -0.05) is 29.8 Å². The minimum absolute atomic E-state index is 0.647. The molecule has 112 valence electrons. The van der Waals surface area contributed by atoms with E-state index in [1.54, 1.807) is 7.05 Å². The van der Waals surface area contributed by atoms with Gasteiger partial charge in [0.25, 0.3) is 0 Å². The maximum Gasteiger partial charge on any atom is 0.154 e. The molecule has 0 spiro atoms. The van der Waals surface area contributed by atoms with Gasteiger partial charge >= 0.3 is 0 Å². The highest BCUT2D eigenvalue weighted by Crippen LogP contribution is 2.17. The molecule has 0 unspecified atom stereocenters. The average molecular weight is 304 g/mol. The average Bonchev–Trinajstić information content (AvgIpc) is 2.45. The zero-order chi connectivity index (χ0) is 15.8. The van der Waals surface area contributed by atoms with Crippen molar-refractivity contribution in [3.63, 3.8) is 0 Å². The van der Waals surface area contributed by atoms with E-state index in [0.29, 0.717) is 10.9 Å². The molecule has 0 amide bonds. The molecule has 0 aliphatic rings. The van der Waals surface area contributed by atoms with Crippen molar-refractivity contribution >= 4 is 28.8 Å². The van der Waals surface area contributed by atoms with Gasteiger partial charge < -0.3 is 5.32 Å². The summed E-state index contributed by atoms with van der Waals surface area (Å²) in [6.07, 6.45) is 5.54. The van der Waals surface area contributed by atoms with Crippen LogP contribution < -0.4 is 5.32 Å². The lowest BCUT2D eigenvalue weighted by Gasteiger charge is -2.08. The van der Waals surface area contributed by atoms with Gasteiger partial charge in [-0.2, -0.15) is 0 Å². The Morgan fingerprint density at radius 1 is 1.33 bits per heavy atom. The van der Waals surface area contributed by atoms with Crippen molar-refractivity contribution in [3.8, 4) is 0 Å². The van der Waals surface area contributed by atoms with Crippen molar-refractivity contribution in [2.75, 3.05) is 19.4 Å². The number of benzene rings is 1. The third-order valence-corrected chi connectivity index (χ3v) is 3.17. The highest BCUT2D eigenvalue weighted by atomic mass is 35.5. The summed E-state index contributed by atoms with van der Waals surface area (Å²) in [6, 6.07) is 6.12. The Labute approximate surface area is 132 Å². The predicted octanol–water partition coefficient (Wildman–Crippen LogP) is 4.57. The van der Waals surface area contributed by atoms with Crippen LogP contribution in [0.4, 0.5) is 5.69 Å². The molecule has 0 saturated carbocycles. The highest BCUT2D eigenvalue weighted by Gasteiger charge is 2.04. The van der Waals surface area contributed by atoms with Crippen molar-refractivity contribution in [1.29, 1.82) is 0 Å². The molecule has 0 fully saturated rings. The van der Waals surface area contributed by atoms with E-state index in [-0.39, 0.29) is 0 Å². The van der Waals surface area contributed by atoms with Gasteiger partial charge in [0.15, 0.2) is 5.84 Å². The topological polar surface area (TPSA) is 36.8 Å². The van der Waals surface area contributed by atoms with E-state index in [1.807, 2.05) is 51.3 Å². The van der Waals surface area contributed by atoms with Gasteiger partial charge in [-0.05, 0) is 44.6 Å². The van der Waals surface area contributed by atoms with Crippen LogP contribution >= 0.6 is 11.6 Å². The monoisotopic (exact) mass is 303 g/mol. The first-order chi connectivity index (χ1) is 10.0. The molecule has 1 N–H and O–H groups in total. The molecule has 0 bridgehead atoms. The van der Waals surface area contributed by atoms with Crippen LogP contribution in [0.25, 0.3) is 0 Å². The number of aryl methyl sites for hydroxylation is 1. The molecule has 0 atom stereocenters. The molecular weight excluding hydrogens is 282 g/mol. The van der Waals surface area contributed by atoms with E-state index in [2.05, 4.69) is 28.3 Å². The fourth-order valence-corrected chi connectivity index (χ4v) is 2.16. The van der Waals surface area contributed by atoms with Crippen LogP contribution in [-0.2, 0) is 0 Å². The van der Waals surface area contributed by atoms with Crippen LogP contribution in [0, 0.1) is 6.92 Å². The maximum atomic E-state index is 6.06. The van der Waals surface area contributed by atoms with E-state index in [9.17, 15) is 0 Å². The molecule has 3 nitrogen and oxygen atoms in total. The van der Waals surface area contributed by atoms with E-state index in [4.69, 9.17) is 11.6 Å². The van der Waals surface area contributed by atoms with Gasteiger partial charge in [0.1, 0.15) is 0 Å². The first-order valence-electron chi connectivity index (χ1n) is 6.82. The molecule has 0 saturated heterocycles. The third kappa shape index (κ3) is 5.20. The molecule has 1 rings (SSSR count). The number of hydrogen-bond acceptors (Lipinski definition) is 2. The fourth-order valence-electron chi connectivity index (χ4n) is 1.88. The van der Waals surface area contributed by atoms with Gasteiger partial charge in [0, 0.05) is 36.1 Å². The number of allylic oxidation sites excluding steroid dienone is 4. The molecule has 4 heteroatoms. The molecule has 0 aromatic heterocycles. The molecule has 1 aromatic carbocycles. The summed E-state index contributed by atoms with van der Waals surface area (Å²) in [5, 5.41) is 3.82. The normalized spacial score (nSPS) is 13.9. The summed E-state index contributed by atoms with van der Waals surface area (Å²) < 4.78 is 0. The smallest absolute Gasteiger partial charge is 0.154 e. The Hall–Kier alpha value is -1.87. The van der Waals surface area contributed by atoms with E-state index < -0.39 is 0 Å². The van der Waals surface area contributed by atoms with Gasteiger partial charge in [0.2, 0.25) is 0 Å². The number of rotatable bonds is 4. The SMILES string of the molecule is C/C=C\C(Cl)=C/C(C)=NC(=NC)c1ccc(C)c(NC)c1. The van der Waals surface area contributed by atoms with Gasteiger partial charge in [-0.3, -0.25) is 4.99 Å². The zero-order valence-electron chi connectivity index (χ0n) is 13.2. The molecule has 0 radical (unpaired) electrons. The summed E-state index contributed by atoms with van der Waals surface area (Å²) in [4.78, 5) is 8.80. The molecule has 0 aliphatic heterocycles. The van der Waals surface area contributed by atoms with Gasteiger partial charge in [-0.25, -0.2) is 4.99 Å². The lowest BCUT2D eigenvalue weighted by atomic mass is 10.1. The van der Waals surface area contributed by atoms with Crippen LogP contribution in [0.15, 0.2) is 51.4 Å². The van der Waals surface area contributed by atoms with Crippen LogP contribution in [0.1, 0.15) is 25.0 Å². The van der Waals surface area contributed by atoms with Crippen LogP contribution in [0.5, 0.6) is 0 Å². The number of nitrogens with zero attached hydrogens (tertiary/aromatic N) is 2. The minimum Gasteiger partial charge on any atom is -0.388 e. The highest BCUT2D eigenvalue weighted by molar-refractivity contribution is 6.33. The fraction of sp³-hybridized carbons (Fsp3) is 0.294. The largest absolute Gasteiger partial charge is 0.388 e.